The van der Waals surface area contributed by atoms with Gasteiger partial charge in [0.1, 0.15) is 0 Å². The Kier molecular flexibility index (Phi) is 4.62. The summed E-state index contributed by atoms with van der Waals surface area (Å²) in [6.45, 7) is 3.66. The van der Waals surface area contributed by atoms with E-state index in [1.165, 1.54) is 63.6 Å². The lowest BCUT2D eigenvalue weighted by molar-refractivity contribution is 0.122. The van der Waals surface area contributed by atoms with E-state index in [1.807, 2.05) is 12.1 Å². The second kappa shape index (κ2) is 6.62. The second-order valence-electron chi connectivity index (χ2n) is 6.75. The molecule has 0 bridgehead atoms. The van der Waals surface area contributed by atoms with Crippen molar-refractivity contribution in [2.45, 2.75) is 51.5 Å². The Bertz CT molecular complexity index is 398. The van der Waals surface area contributed by atoms with Gasteiger partial charge in [-0.15, -0.1) is 0 Å². The van der Waals surface area contributed by atoms with Gasteiger partial charge in [-0.05, 0) is 55.5 Å². The Hall–Kier alpha value is -1.02. The van der Waals surface area contributed by atoms with Crippen LogP contribution in [-0.4, -0.2) is 18.0 Å². The quantitative estimate of drug-likeness (QED) is 0.841. The standard InChI is InChI=1S/C18H28N2/c19-18-8-6-15(7-9-18)14-20-12-10-17(11-13-20)16-4-2-1-3-5-16/h6-9,16-17H,1-5,10-14,19H2. The van der Waals surface area contributed by atoms with Crippen molar-refractivity contribution in [3.63, 3.8) is 0 Å². The fourth-order valence-electron chi connectivity index (χ4n) is 4.07. The molecule has 0 amide bonds. The summed E-state index contributed by atoms with van der Waals surface area (Å²) in [5.41, 5.74) is 8.01. The monoisotopic (exact) mass is 272 g/mol. The maximum Gasteiger partial charge on any atom is 0.0314 e. The van der Waals surface area contributed by atoms with Crippen molar-refractivity contribution in [3.8, 4) is 0 Å². The number of hydrogen-bond acceptors (Lipinski definition) is 2. The highest BCUT2D eigenvalue weighted by Gasteiger charge is 2.27. The van der Waals surface area contributed by atoms with Crippen LogP contribution in [0.5, 0.6) is 0 Å². The van der Waals surface area contributed by atoms with Crippen molar-refractivity contribution in [3.05, 3.63) is 29.8 Å². The summed E-state index contributed by atoms with van der Waals surface area (Å²) < 4.78 is 0. The van der Waals surface area contributed by atoms with E-state index >= 15 is 0 Å². The molecule has 110 valence electrons. The van der Waals surface area contributed by atoms with Crippen molar-refractivity contribution >= 4 is 5.69 Å². The van der Waals surface area contributed by atoms with Crippen molar-refractivity contribution in [1.29, 1.82) is 0 Å². The number of nitrogens with two attached hydrogens (primary N) is 1. The van der Waals surface area contributed by atoms with Crippen molar-refractivity contribution in [1.82, 2.24) is 4.90 Å². The molecule has 2 nitrogen and oxygen atoms in total. The van der Waals surface area contributed by atoms with Crippen LogP contribution in [0, 0.1) is 11.8 Å². The van der Waals surface area contributed by atoms with Crippen LogP contribution >= 0.6 is 0 Å². The molecule has 0 spiro atoms. The highest BCUT2D eigenvalue weighted by atomic mass is 15.1. The van der Waals surface area contributed by atoms with Crippen LogP contribution in [0.15, 0.2) is 24.3 Å². The van der Waals surface area contributed by atoms with E-state index in [2.05, 4.69) is 17.0 Å². The lowest BCUT2D eigenvalue weighted by atomic mass is 9.76. The predicted octanol–water partition coefficient (Wildman–Crippen LogP) is 4.06. The first-order chi connectivity index (χ1) is 9.81. The molecule has 0 atom stereocenters. The van der Waals surface area contributed by atoms with Crippen molar-refractivity contribution < 1.29 is 0 Å². The molecule has 20 heavy (non-hydrogen) atoms. The maximum atomic E-state index is 5.75. The molecule has 1 aromatic rings. The lowest BCUT2D eigenvalue weighted by Crippen LogP contribution is -2.36. The molecule has 1 aliphatic carbocycles. The minimum atomic E-state index is 0.866. The summed E-state index contributed by atoms with van der Waals surface area (Å²) >= 11 is 0. The van der Waals surface area contributed by atoms with Crippen LogP contribution in [-0.2, 0) is 6.54 Å². The minimum absolute atomic E-state index is 0.866. The van der Waals surface area contributed by atoms with Gasteiger partial charge in [0.05, 0.1) is 0 Å². The van der Waals surface area contributed by atoms with Gasteiger partial charge in [-0.25, -0.2) is 0 Å². The number of piperidine rings is 1. The molecule has 1 saturated carbocycles. The smallest absolute Gasteiger partial charge is 0.0314 e. The molecule has 1 saturated heterocycles. The van der Waals surface area contributed by atoms with Gasteiger partial charge in [0.15, 0.2) is 0 Å². The Morgan fingerprint density at radius 2 is 1.45 bits per heavy atom. The van der Waals surface area contributed by atoms with Gasteiger partial charge >= 0.3 is 0 Å². The van der Waals surface area contributed by atoms with Crippen molar-refractivity contribution in [2.75, 3.05) is 18.8 Å². The molecule has 1 heterocycles. The Labute approximate surface area is 123 Å². The molecular formula is C18H28N2. The molecule has 2 heteroatoms. The van der Waals surface area contributed by atoms with Crippen LogP contribution in [0.2, 0.25) is 0 Å². The van der Waals surface area contributed by atoms with E-state index in [9.17, 15) is 0 Å². The summed E-state index contributed by atoms with van der Waals surface area (Å²) in [5.74, 6) is 2.06. The Morgan fingerprint density at radius 1 is 0.850 bits per heavy atom. The SMILES string of the molecule is Nc1ccc(CN2CCC(C3CCCCC3)CC2)cc1. The van der Waals surface area contributed by atoms with Crippen LogP contribution < -0.4 is 5.73 Å². The lowest BCUT2D eigenvalue weighted by Gasteiger charge is -2.37. The van der Waals surface area contributed by atoms with Crippen LogP contribution in [0.25, 0.3) is 0 Å². The number of hydrogen-bond donors (Lipinski definition) is 1. The van der Waals surface area contributed by atoms with E-state index in [4.69, 9.17) is 5.73 Å². The average Bonchev–Trinajstić information content (AvgIpc) is 2.51. The predicted molar refractivity (Wildman–Crippen MR) is 85.4 cm³/mol. The van der Waals surface area contributed by atoms with Crippen molar-refractivity contribution in [2.24, 2.45) is 11.8 Å². The first-order valence-corrected chi connectivity index (χ1v) is 8.38. The highest BCUT2D eigenvalue weighted by Crippen LogP contribution is 2.35. The van der Waals surface area contributed by atoms with Crippen LogP contribution in [0.1, 0.15) is 50.5 Å². The molecule has 1 aromatic carbocycles. The molecule has 3 rings (SSSR count). The first-order valence-electron chi connectivity index (χ1n) is 8.38. The molecule has 1 aliphatic heterocycles. The third-order valence-electron chi connectivity index (χ3n) is 5.33. The van der Waals surface area contributed by atoms with Gasteiger partial charge in [0.25, 0.3) is 0 Å². The van der Waals surface area contributed by atoms with Gasteiger partial charge in [-0.3, -0.25) is 4.90 Å². The second-order valence-corrected chi connectivity index (χ2v) is 6.75. The number of anilines is 1. The molecule has 0 unspecified atom stereocenters. The molecule has 2 aliphatic rings. The zero-order valence-corrected chi connectivity index (χ0v) is 12.6. The van der Waals surface area contributed by atoms with Gasteiger partial charge < -0.3 is 5.73 Å². The molecule has 2 fully saturated rings. The third-order valence-corrected chi connectivity index (χ3v) is 5.33. The molecule has 0 radical (unpaired) electrons. The highest BCUT2D eigenvalue weighted by molar-refractivity contribution is 5.39. The largest absolute Gasteiger partial charge is 0.399 e. The summed E-state index contributed by atoms with van der Waals surface area (Å²) in [5, 5.41) is 0. The Morgan fingerprint density at radius 3 is 2.10 bits per heavy atom. The number of nitrogens with zero attached hydrogens (tertiary/aromatic N) is 1. The van der Waals surface area contributed by atoms with E-state index in [0.717, 1.165) is 24.1 Å². The number of benzene rings is 1. The Balaban J connectivity index is 1.47. The topological polar surface area (TPSA) is 29.3 Å². The van der Waals surface area contributed by atoms with Gasteiger partial charge in [-0.2, -0.15) is 0 Å². The summed E-state index contributed by atoms with van der Waals surface area (Å²) in [6.07, 6.45) is 10.3. The number of nitrogen functional groups attached to an aromatic ring is 1. The normalized spacial score (nSPS) is 23.0. The summed E-state index contributed by atoms with van der Waals surface area (Å²) in [4.78, 5) is 2.62. The molecular weight excluding hydrogens is 244 g/mol. The van der Waals surface area contributed by atoms with Gasteiger partial charge in [0, 0.05) is 12.2 Å². The fourth-order valence-corrected chi connectivity index (χ4v) is 4.07. The zero-order chi connectivity index (χ0) is 13.8. The maximum absolute atomic E-state index is 5.75. The zero-order valence-electron chi connectivity index (χ0n) is 12.6. The number of likely N-dealkylation sites (tertiary alicyclic amines) is 1. The minimum Gasteiger partial charge on any atom is -0.399 e. The van der Waals surface area contributed by atoms with Gasteiger partial charge in [0.2, 0.25) is 0 Å². The van der Waals surface area contributed by atoms with E-state index in [1.54, 1.807) is 0 Å². The van der Waals surface area contributed by atoms with E-state index in [0.29, 0.717) is 0 Å². The van der Waals surface area contributed by atoms with Crippen LogP contribution in [0.3, 0.4) is 0 Å². The van der Waals surface area contributed by atoms with Gasteiger partial charge in [-0.1, -0.05) is 44.2 Å². The summed E-state index contributed by atoms with van der Waals surface area (Å²) in [6, 6.07) is 8.37. The molecule has 2 N–H and O–H groups in total. The average molecular weight is 272 g/mol. The molecule has 0 aromatic heterocycles. The van der Waals surface area contributed by atoms with E-state index < -0.39 is 0 Å². The summed E-state index contributed by atoms with van der Waals surface area (Å²) in [7, 11) is 0. The number of rotatable bonds is 3. The van der Waals surface area contributed by atoms with E-state index in [-0.39, 0.29) is 0 Å². The first kappa shape index (κ1) is 13.9. The fraction of sp³-hybridized carbons (Fsp3) is 0.667. The van der Waals surface area contributed by atoms with Crippen LogP contribution in [0.4, 0.5) is 5.69 Å². The third kappa shape index (κ3) is 3.54.